The molecule has 0 saturated carbocycles. The van der Waals surface area contributed by atoms with Crippen molar-refractivity contribution >= 4 is 11.0 Å². The average Bonchev–Trinajstić information content (AvgIpc) is 3.18. The van der Waals surface area contributed by atoms with Gasteiger partial charge in [-0.15, -0.1) is 0 Å². The molecule has 1 N–H and O–H groups in total. The van der Waals surface area contributed by atoms with E-state index in [2.05, 4.69) is 33.0 Å². The van der Waals surface area contributed by atoms with Gasteiger partial charge in [-0.1, -0.05) is 24.3 Å². The second kappa shape index (κ2) is 8.80. The van der Waals surface area contributed by atoms with Crippen LogP contribution in [0, 0.1) is 6.92 Å². The van der Waals surface area contributed by atoms with Crippen LogP contribution in [0.4, 0.5) is 0 Å². The zero-order valence-corrected chi connectivity index (χ0v) is 19.2. The van der Waals surface area contributed by atoms with E-state index in [1.54, 1.807) is 11.8 Å². The highest BCUT2D eigenvalue weighted by Crippen LogP contribution is 2.30. The summed E-state index contributed by atoms with van der Waals surface area (Å²) in [5, 5.41) is 4.58. The highest BCUT2D eigenvalue weighted by molar-refractivity contribution is 5.81. The van der Waals surface area contributed by atoms with Crippen LogP contribution in [-0.2, 0) is 6.54 Å². The molecule has 5 rings (SSSR count). The SMILES string of the molecule is COc1cc(CN2CCN(C)CC2)ccc1-c1nc2c(C)nn(-c3ccccc3)c2c(=O)[nH]1. The summed E-state index contributed by atoms with van der Waals surface area (Å²) in [6, 6.07) is 15.7. The van der Waals surface area contributed by atoms with Crippen molar-refractivity contribution in [3.63, 3.8) is 0 Å². The van der Waals surface area contributed by atoms with E-state index in [1.165, 1.54) is 5.56 Å². The molecule has 8 nitrogen and oxygen atoms in total. The van der Waals surface area contributed by atoms with E-state index in [-0.39, 0.29) is 5.56 Å². The zero-order valence-electron chi connectivity index (χ0n) is 19.2. The van der Waals surface area contributed by atoms with Crippen LogP contribution >= 0.6 is 0 Å². The number of H-pyrrole nitrogens is 1. The Balaban J connectivity index is 1.51. The molecule has 3 heterocycles. The number of aromatic amines is 1. The number of aryl methyl sites for hydroxylation is 1. The van der Waals surface area contributed by atoms with Gasteiger partial charge >= 0.3 is 0 Å². The van der Waals surface area contributed by atoms with Crippen molar-refractivity contribution in [1.82, 2.24) is 29.5 Å². The van der Waals surface area contributed by atoms with Gasteiger partial charge in [-0.3, -0.25) is 9.69 Å². The number of nitrogens with one attached hydrogen (secondary N) is 1. The second-order valence-corrected chi connectivity index (χ2v) is 8.56. The third-order valence-electron chi connectivity index (χ3n) is 6.22. The van der Waals surface area contributed by atoms with Crippen LogP contribution < -0.4 is 10.3 Å². The molecule has 0 atom stereocenters. The van der Waals surface area contributed by atoms with Crippen molar-refractivity contribution in [2.75, 3.05) is 40.3 Å². The van der Waals surface area contributed by atoms with Crippen LogP contribution in [0.2, 0.25) is 0 Å². The Morgan fingerprint density at radius 3 is 2.55 bits per heavy atom. The van der Waals surface area contributed by atoms with Crippen LogP contribution in [0.1, 0.15) is 11.3 Å². The standard InChI is InChI=1S/C25H28N6O2/c1-17-22-23(31(28-17)19-7-5-4-6-8-19)25(32)27-24(26-22)20-10-9-18(15-21(20)33-3)16-30-13-11-29(2)12-14-30/h4-10,15H,11-14,16H2,1-3H3,(H,26,27,32). The van der Waals surface area contributed by atoms with Gasteiger partial charge in [-0.2, -0.15) is 5.10 Å². The Kier molecular flexibility index (Phi) is 5.70. The molecular weight excluding hydrogens is 416 g/mol. The first-order valence-corrected chi connectivity index (χ1v) is 11.2. The molecule has 1 fully saturated rings. The van der Waals surface area contributed by atoms with Crippen LogP contribution in [0.25, 0.3) is 28.1 Å². The Hall–Kier alpha value is -3.49. The summed E-state index contributed by atoms with van der Waals surface area (Å²) in [7, 11) is 3.80. The lowest BCUT2D eigenvalue weighted by molar-refractivity contribution is 0.148. The largest absolute Gasteiger partial charge is 0.496 e. The summed E-state index contributed by atoms with van der Waals surface area (Å²) in [4.78, 5) is 25.6. The van der Waals surface area contributed by atoms with Crippen LogP contribution in [0.15, 0.2) is 53.3 Å². The fourth-order valence-corrected chi connectivity index (χ4v) is 4.34. The second-order valence-electron chi connectivity index (χ2n) is 8.56. The molecule has 170 valence electrons. The number of hydrogen-bond donors (Lipinski definition) is 1. The summed E-state index contributed by atoms with van der Waals surface area (Å²) in [6.07, 6.45) is 0. The van der Waals surface area contributed by atoms with E-state index in [0.717, 1.165) is 44.0 Å². The summed E-state index contributed by atoms with van der Waals surface area (Å²) in [5.41, 5.74) is 4.24. The molecule has 0 radical (unpaired) electrons. The van der Waals surface area contributed by atoms with Gasteiger partial charge in [0.1, 0.15) is 17.1 Å². The van der Waals surface area contributed by atoms with Gasteiger partial charge in [0.05, 0.1) is 24.1 Å². The number of hydrogen-bond acceptors (Lipinski definition) is 6. The number of piperazine rings is 1. The number of ether oxygens (including phenoxy) is 1. The minimum atomic E-state index is -0.233. The first-order chi connectivity index (χ1) is 16.0. The number of benzene rings is 2. The van der Waals surface area contributed by atoms with Crippen molar-refractivity contribution < 1.29 is 4.74 Å². The summed E-state index contributed by atoms with van der Waals surface area (Å²) < 4.78 is 7.34. The number of fused-ring (bicyclic) bond motifs is 1. The quantitative estimate of drug-likeness (QED) is 0.510. The van der Waals surface area contributed by atoms with E-state index in [9.17, 15) is 4.79 Å². The molecule has 4 aromatic rings. The van der Waals surface area contributed by atoms with Crippen molar-refractivity contribution in [2.45, 2.75) is 13.5 Å². The highest BCUT2D eigenvalue weighted by Gasteiger charge is 2.19. The molecule has 0 aliphatic carbocycles. The molecule has 0 spiro atoms. The molecule has 2 aromatic carbocycles. The molecule has 8 heteroatoms. The predicted molar refractivity (Wildman–Crippen MR) is 129 cm³/mol. The smallest absolute Gasteiger partial charge is 0.277 e. The number of para-hydroxylation sites is 1. The first kappa shape index (κ1) is 21.4. The molecule has 0 amide bonds. The van der Waals surface area contributed by atoms with E-state index >= 15 is 0 Å². The number of rotatable bonds is 5. The van der Waals surface area contributed by atoms with Crippen LogP contribution in [0.5, 0.6) is 5.75 Å². The Morgan fingerprint density at radius 2 is 1.82 bits per heavy atom. The number of nitrogens with zero attached hydrogens (tertiary/aromatic N) is 5. The average molecular weight is 445 g/mol. The van der Waals surface area contributed by atoms with Gasteiger partial charge in [0, 0.05) is 32.7 Å². The minimum absolute atomic E-state index is 0.233. The lowest BCUT2D eigenvalue weighted by Gasteiger charge is -2.32. The third-order valence-corrected chi connectivity index (χ3v) is 6.22. The molecule has 33 heavy (non-hydrogen) atoms. The van der Waals surface area contributed by atoms with Crippen molar-refractivity contribution in [1.29, 1.82) is 0 Å². The van der Waals surface area contributed by atoms with Gasteiger partial charge in [0.15, 0.2) is 5.52 Å². The van der Waals surface area contributed by atoms with Gasteiger partial charge in [0.2, 0.25) is 0 Å². The highest BCUT2D eigenvalue weighted by atomic mass is 16.5. The molecular formula is C25H28N6O2. The molecule has 1 aliphatic heterocycles. The van der Waals surface area contributed by atoms with E-state index in [1.807, 2.05) is 49.4 Å². The van der Waals surface area contributed by atoms with Crippen LogP contribution in [0.3, 0.4) is 0 Å². The number of aromatic nitrogens is 4. The molecule has 2 aromatic heterocycles. The predicted octanol–water partition coefficient (Wildman–Crippen LogP) is 2.84. The fourth-order valence-electron chi connectivity index (χ4n) is 4.34. The number of methoxy groups -OCH3 is 1. The lowest BCUT2D eigenvalue weighted by atomic mass is 10.1. The lowest BCUT2D eigenvalue weighted by Crippen LogP contribution is -2.43. The third kappa shape index (κ3) is 4.15. The Morgan fingerprint density at radius 1 is 1.06 bits per heavy atom. The maximum absolute atomic E-state index is 13.1. The Labute approximate surface area is 192 Å². The van der Waals surface area contributed by atoms with E-state index in [4.69, 9.17) is 9.72 Å². The van der Waals surface area contributed by atoms with Crippen molar-refractivity contribution in [2.24, 2.45) is 0 Å². The first-order valence-electron chi connectivity index (χ1n) is 11.2. The fraction of sp³-hybridized carbons (Fsp3) is 0.320. The maximum Gasteiger partial charge on any atom is 0.277 e. The monoisotopic (exact) mass is 444 g/mol. The van der Waals surface area contributed by atoms with Gasteiger partial charge < -0.3 is 14.6 Å². The van der Waals surface area contributed by atoms with Gasteiger partial charge in [0.25, 0.3) is 5.56 Å². The maximum atomic E-state index is 13.1. The Bertz CT molecular complexity index is 1340. The topological polar surface area (TPSA) is 79.3 Å². The molecule has 1 saturated heterocycles. The summed E-state index contributed by atoms with van der Waals surface area (Å²) >= 11 is 0. The van der Waals surface area contributed by atoms with Gasteiger partial charge in [-0.25, -0.2) is 9.67 Å². The van der Waals surface area contributed by atoms with E-state index < -0.39 is 0 Å². The zero-order chi connectivity index (χ0) is 22.9. The summed E-state index contributed by atoms with van der Waals surface area (Å²) in [6.45, 7) is 7.01. The van der Waals surface area contributed by atoms with Crippen LogP contribution in [-0.4, -0.2) is 69.9 Å². The normalized spacial score (nSPS) is 15.2. The van der Waals surface area contributed by atoms with Gasteiger partial charge in [-0.05, 0) is 43.8 Å². The number of likely N-dealkylation sites (N-methyl/N-ethyl adjacent to an activating group) is 1. The molecule has 0 bridgehead atoms. The summed E-state index contributed by atoms with van der Waals surface area (Å²) in [5.74, 6) is 1.17. The molecule has 1 aliphatic rings. The van der Waals surface area contributed by atoms with E-state index in [0.29, 0.717) is 28.3 Å². The van der Waals surface area contributed by atoms with Crippen molar-refractivity contribution in [3.05, 3.63) is 70.1 Å². The minimum Gasteiger partial charge on any atom is -0.496 e. The van der Waals surface area contributed by atoms with Crippen molar-refractivity contribution in [3.8, 4) is 22.8 Å². The molecule has 0 unspecified atom stereocenters.